The van der Waals surface area contributed by atoms with Crippen molar-refractivity contribution < 1.29 is 4.74 Å². The standard InChI is InChI=1S/C17H19N3OS/c1-4-9-21-13-6-5-12-10-15(22-14(12)11-13)17-18-8-7-16(19-17)20(2)3/h5-8,10-11H,4,9H2,1-3H3. The van der Waals surface area contributed by atoms with Crippen molar-refractivity contribution in [1.82, 2.24) is 9.97 Å². The van der Waals surface area contributed by atoms with Crippen molar-refractivity contribution in [3.63, 3.8) is 0 Å². The van der Waals surface area contributed by atoms with Crippen molar-refractivity contribution in [2.45, 2.75) is 13.3 Å². The van der Waals surface area contributed by atoms with Gasteiger partial charge in [0.05, 0.1) is 11.5 Å². The molecule has 2 aromatic heterocycles. The van der Waals surface area contributed by atoms with Gasteiger partial charge in [-0.05, 0) is 42.1 Å². The van der Waals surface area contributed by atoms with Gasteiger partial charge in [-0.25, -0.2) is 9.97 Å². The zero-order valence-corrected chi connectivity index (χ0v) is 13.9. The molecule has 2 heterocycles. The van der Waals surface area contributed by atoms with Crippen molar-refractivity contribution in [3.05, 3.63) is 36.5 Å². The van der Waals surface area contributed by atoms with Crippen LogP contribution in [-0.4, -0.2) is 30.7 Å². The number of thiophene rings is 1. The van der Waals surface area contributed by atoms with E-state index in [1.807, 2.05) is 31.1 Å². The Bertz CT molecular complexity index is 782. The fourth-order valence-corrected chi connectivity index (χ4v) is 3.18. The van der Waals surface area contributed by atoms with Gasteiger partial charge >= 0.3 is 0 Å². The van der Waals surface area contributed by atoms with Crippen LogP contribution in [0.25, 0.3) is 20.8 Å². The SMILES string of the molecule is CCCOc1ccc2cc(-c3nccc(N(C)C)n3)sc2c1. The maximum Gasteiger partial charge on any atom is 0.171 e. The van der Waals surface area contributed by atoms with E-state index in [4.69, 9.17) is 4.74 Å². The first kappa shape index (κ1) is 14.8. The second-order valence-corrected chi connectivity index (χ2v) is 6.38. The van der Waals surface area contributed by atoms with Crippen molar-refractivity contribution in [1.29, 1.82) is 0 Å². The van der Waals surface area contributed by atoms with Crippen LogP contribution in [0.15, 0.2) is 36.5 Å². The first-order valence-electron chi connectivity index (χ1n) is 7.34. The van der Waals surface area contributed by atoms with E-state index < -0.39 is 0 Å². The third-order valence-electron chi connectivity index (χ3n) is 3.28. The number of rotatable bonds is 5. The fraction of sp³-hybridized carbons (Fsp3) is 0.294. The van der Waals surface area contributed by atoms with Gasteiger partial charge in [0.2, 0.25) is 0 Å². The molecule has 0 aliphatic rings. The molecule has 0 fully saturated rings. The highest BCUT2D eigenvalue weighted by Crippen LogP contribution is 2.34. The largest absolute Gasteiger partial charge is 0.494 e. The highest BCUT2D eigenvalue weighted by atomic mass is 32.1. The van der Waals surface area contributed by atoms with Crippen LogP contribution in [0.4, 0.5) is 5.82 Å². The molecule has 3 rings (SSSR count). The van der Waals surface area contributed by atoms with Gasteiger partial charge in [-0.2, -0.15) is 0 Å². The molecule has 0 spiro atoms. The molecule has 0 saturated carbocycles. The van der Waals surface area contributed by atoms with E-state index in [0.29, 0.717) is 0 Å². The molecule has 22 heavy (non-hydrogen) atoms. The number of benzene rings is 1. The first-order chi connectivity index (χ1) is 10.7. The molecule has 0 radical (unpaired) electrons. The topological polar surface area (TPSA) is 38.2 Å². The molecule has 0 bridgehead atoms. The van der Waals surface area contributed by atoms with Crippen LogP contribution in [0, 0.1) is 0 Å². The Balaban J connectivity index is 1.96. The Kier molecular flexibility index (Phi) is 4.24. The van der Waals surface area contributed by atoms with Crippen LogP contribution in [0.2, 0.25) is 0 Å². The lowest BCUT2D eigenvalue weighted by atomic mass is 10.2. The van der Waals surface area contributed by atoms with Crippen molar-refractivity contribution >= 4 is 27.2 Å². The normalized spacial score (nSPS) is 10.9. The van der Waals surface area contributed by atoms with E-state index in [9.17, 15) is 0 Å². The van der Waals surface area contributed by atoms with E-state index in [2.05, 4.69) is 35.1 Å². The van der Waals surface area contributed by atoms with E-state index in [1.165, 1.54) is 10.1 Å². The average molecular weight is 313 g/mol. The van der Waals surface area contributed by atoms with Crippen molar-refractivity contribution in [2.75, 3.05) is 25.6 Å². The van der Waals surface area contributed by atoms with Crippen molar-refractivity contribution in [2.24, 2.45) is 0 Å². The van der Waals surface area contributed by atoms with Gasteiger partial charge in [0.15, 0.2) is 5.82 Å². The lowest BCUT2D eigenvalue weighted by molar-refractivity contribution is 0.318. The summed E-state index contributed by atoms with van der Waals surface area (Å²) in [5, 5.41) is 1.20. The summed E-state index contributed by atoms with van der Waals surface area (Å²) in [6, 6.07) is 10.3. The first-order valence-corrected chi connectivity index (χ1v) is 8.16. The predicted molar refractivity (Wildman–Crippen MR) is 93.0 cm³/mol. The van der Waals surface area contributed by atoms with E-state index >= 15 is 0 Å². The number of hydrogen-bond donors (Lipinski definition) is 0. The minimum atomic E-state index is 0.748. The van der Waals surface area contributed by atoms with Crippen LogP contribution in [-0.2, 0) is 0 Å². The minimum Gasteiger partial charge on any atom is -0.494 e. The van der Waals surface area contributed by atoms with Crippen LogP contribution in [0.3, 0.4) is 0 Å². The molecule has 0 saturated heterocycles. The van der Waals surface area contributed by atoms with Crippen LogP contribution in [0.5, 0.6) is 5.75 Å². The lowest BCUT2D eigenvalue weighted by Crippen LogP contribution is -2.10. The molecule has 5 heteroatoms. The third kappa shape index (κ3) is 3.04. The zero-order valence-electron chi connectivity index (χ0n) is 13.0. The number of fused-ring (bicyclic) bond motifs is 1. The predicted octanol–water partition coefficient (Wildman–Crippen LogP) is 4.21. The molecule has 1 aromatic carbocycles. The van der Waals surface area contributed by atoms with E-state index in [-0.39, 0.29) is 0 Å². The van der Waals surface area contributed by atoms with Crippen LogP contribution in [0.1, 0.15) is 13.3 Å². The average Bonchev–Trinajstić information content (AvgIpc) is 2.96. The van der Waals surface area contributed by atoms with Gasteiger partial charge in [-0.3, -0.25) is 0 Å². The Morgan fingerprint density at radius 2 is 2.05 bits per heavy atom. The second kappa shape index (κ2) is 6.32. The minimum absolute atomic E-state index is 0.748. The van der Waals surface area contributed by atoms with E-state index in [0.717, 1.165) is 35.3 Å². The quantitative estimate of drug-likeness (QED) is 0.707. The summed E-state index contributed by atoms with van der Waals surface area (Å²) in [4.78, 5) is 12.1. The fourth-order valence-electron chi connectivity index (χ4n) is 2.15. The summed E-state index contributed by atoms with van der Waals surface area (Å²) < 4.78 is 6.89. The Morgan fingerprint density at radius 3 is 2.82 bits per heavy atom. The second-order valence-electron chi connectivity index (χ2n) is 5.29. The molecule has 0 aliphatic heterocycles. The summed E-state index contributed by atoms with van der Waals surface area (Å²) in [7, 11) is 3.96. The van der Waals surface area contributed by atoms with Gasteiger partial charge < -0.3 is 9.64 Å². The summed E-state index contributed by atoms with van der Waals surface area (Å²) >= 11 is 1.69. The molecular formula is C17H19N3OS. The molecule has 3 aromatic rings. The number of aromatic nitrogens is 2. The molecular weight excluding hydrogens is 294 g/mol. The number of nitrogens with zero attached hydrogens (tertiary/aromatic N) is 3. The Morgan fingerprint density at radius 1 is 1.18 bits per heavy atom. The van der Waals surface area contributed by atoms with Crippen LogP contribution < -0.4 is 9.64 Å². The molecule has 4 nitrogen and oxygen atoms in total. The number of ether oxygens (including phenoxy) is 1. The monoisotopic (exact) mass is 313 g/mol. The van der Waals surface area contributed by atoms with Gasteiger partial charge in [-0.15, -0.1) is 11.3 Å². The van der Waals surface area contributed by atoms with Crippen molar-refractivity contribution in [3.8, 4) is 16.5 Å². The highest BCUT2D eigenvalue weighted by Gasteiger charge is 2.09. The molecule has 0 aliphatic carbocycles. The molecule has 0 unspecified atom stereocenters. The molecule has 114 valence electrons. The smallest absolute Gasteiger partial charge is 0.171 e. The molecule has 0 amide bonds. The van der Waals surface area contributed by atoms with E-state index in [1.54, 1.807) is 17.5 Å². The Hall–Kier alpha value is -2.14. The maximum atomic E-state index is 5.70. The van der Waals surface area contributed by atoms with Gasteiger partial charge in [-0.1, -0.05) is 6.92 Å². The summed E-state index contributed by atoms with van der Waals surface area (Å²) in [6.45, 7) is 2.86. The third-order valence-corrected chi connectivity index (χ3v) is 4.38. The zero-order chi connectivity index (χ0) is 15.5. The number of anilines is 1. The number of hydrogen-bond acceptors (Lipinski definition) is 5. The molecule has 0 atom stereocenters. The lowest BCUT2D eigenvalue weighted by Gasteiger charge is -2.10. The summed E-state index contributed by atoms with van der Waals surface area (Å²) in [6.07, 6.45) is 2.82. The molecule has 0 N–H and O–H groups in total. The summed E-state index contributed by atoms with van der Waals surface area (Å²) in [5.74, 6) is 2.60. The van der Waals surface area contributed by atoms with Crippen LogP contribution >= 0.6 is 11.3 Å². The van der Waals surface area contributed by atoms with Gasteiger partial charge in [0.1, 0.15) is 11.6 Å². The van der Waals surface area contributed by atoms with Gasteiger partial charge in [0, 0.05) is 25.0 Å². The summed E-state index contributed by atoms with van der Waals surface area (Å²) in [5.41, 5.74) is 0. The Labute approximate surface area is 134 Å². The maximum absolute atomic E-state index is 5.70. The van der Waals surface area contributed by atoms with Gasteiger partial charge in [0.25, 0.3) is 0 Å². The highest BCUT2D eigenvalue weighted by molar-refractivity contribution is 7.22.